The molecule has 0 bridgehead atoms. The molecule has 1 aliphatic rings. The van der Waals surface area contributed by atoms with Crippen molar-refractivity contribution >= 4 is 12.0 Å². The summed E-state index contributed by atoms with van der Waals surface area (Å²) in [6.45, 7) is 1.20. The second kappa shape index (κ2) is 11.8. The molecule has 0 aliphatic carbocycles. The fraction of sp³-hybridized carbons (Fsp3) is 0.423. The molecule has 1 aliphatic heterocycles. The minimum absolute atomic E-state index is 0.0941. The van der Waals surface area contributed by atoms with Crippen molar-refractivity contribution in [2.24, 2.45) is 0 Å². The summed E-state index contributed by atoms with van der Waals surface area (Å²) >= 11 is 0. The Morgan fingerprint density at radius 3 is 2.61 bits per heavy atom. The maximum Gasteiger partial charge on any atom is 0.387 e. The maximum absolute atomic E-state index is 13.5. The second-order valence-corrected chi connectivity index (χ2v) is 8.44. The molecule has 1 fully saturated rings. The SMILES string of the molecule is COc1cc(C(=O)N(CCC2CCCN2C)CC(C)=Cc2ccccc2)ccc1OC(F)F. The first kappa shape index (κ1) is 24.7. The highest BCUT2D eigenvalue weighted by Crippen LogP contribution is 2.30. The normalized spacial score (nSPS) is 16.8. The van der Waals surface area contributed by atoms with Crippen molar-refractivity contribution < 1.29 is 23.0 Å². The molecule has 1 heterocycles. The lowest BCUT2D eigenvalue weighted by Gasteiger charge is -2.27. The van der Waals surface area contributed by atoms with Crippen LogP contribution in [0.25, 0.3) is 6.08 Å². The van der Waals surface area contributed by atoms with Crippen molar-refractivity contribution in [3.8, 4) is 11.5 Å². The van der Waals surface area contributed by atoms with E-state index in [0.717, 1.165) is 30.5 Å². The van der Waals surface area contributed by atoms with Crippen LogP contribution in [0.1, 0.15) is 42.1 Å². The number of carbonyl (C=O) groups excluding carboxylic acids is 1. The summed E-state index contributed by atoms with van der Waals surface area (Å²) in [5.41, 5.74) is 2.51. The fourth-order valence-electron chi connectivity index (χ4n) is 4.26. The summed E-state index contributed by atoms with van der Waals surface area (Å²) in [5, 5.41) is 0. The van der Waals surface area contributed by atoms with Crippen LogP contribution in [0.15, 0.2) is 54.1 Å². The van der Waals surface area contributed by atoms with E-state index in [1.807, 2.05) is 42.2 Å². The van der Waals surface area contributed by atoms with Gasteiger partial charge in [-0.15, -0.1) is 0 Å². The van der Waals surface area contributed by atoms with Gasteiger partial charge in [-0.25, -0.2) is 0 Å². The fourth-order valence-corrected chi connectivity index (χ4v) is 4.26. The molecule has 0 radical (unpaired) electrons. The van der Waals surface area contributed by atoms with Crippen LogP contribution in [-0.2, 0) is 0 Å². The molecule has 1 unspecified atom stereocenters. The molecule has 0 N–H and O–H groups in total. The zero-order valence-electron chi connectivity index (χ0n) is 19.5. The molecule has 2 aromatic rings. The highest BCUT2D eigenvalue weighted by Gasteiger charge is 2.24. The van der Waals surface area contributed by atoms with E-state index in [1.54, 1.807) is 0 Å². The van der Waals surface area contributed by atoms with E-state index in [9.17, 15) is 13.6 Å². The minimum Gasteiger partial charge on any atom is -0.493 e. The predicted octanol–water partition coefficient (Wildman–Crippen LogP) is 5.33. The van der Waals surface area contributed by atoms with Gasteiger partial charge in [-0.2, -0.15) is 8.78 Å². The third-order valence-electron chi connectivity index (χ3n) is 5.97. The van der Waals surface area contributed by atoms with Crippen LogP contribution >= 0.6 is 0 Å². The monoisotopic (exact) mass is 458 g/mol. The topological polar surface area (TPSA) is 42.0 Å². The standard InChI is InChI=1S/C26H32F2N2O3/c1-19(16-20-8-5-4-6-9-20)18-30(15-13-22-10-7-14-29(22)2)25(31)21-11-12-23(33-26(27)28)24(17-21)32-3/h4-6,8-9,11-12,16-17,22,26H,7,10,13-15,18H2,1-3H3. The maximum atomic E-state index is 13.5. The molecule has 7 heteroatoms. The van der Waals surface area contributed by atoms with Crippen molar-refractivity contribution in [3.05, 3.63) is 65.2 Å². The Morgan fingerprint density at radius 2 is 1.97 bits per heavy atom. The average Bonchev–Trinajstić information content (AvgIpc) is 3.21. The number of hydrogen-bond acceptors (Lipinski definition) is 4. The number of carbonyl (C=O) groups is 1. The highest BCUT2D eigenvalue weighted by atomic mass is 19.3. The predicted molar refractivity (Wildman–Crippen MR) is 126 cm³/mol. The van der Waals surface area contributed by atoms with E-state index in [0.29, 0.717) is 24.7 Å². The highest BCUT2D eigenvalue weighted by molar-refractivity contribution is 5.95. The molecular formula is C26H32F2N2O3. The van der Waals surface area contributed by atoms with Crippen LogP contribution in [0.3, 0.4) is 0 Å². The van der Waals surface area contributed by atoms with Crippen molar-refractivity contribution in [2.45, 2.75) is 38.8 Å². The van der Waals surface area contributed by atoms with Crippen LogP contribution in [0, 0.1) is 0 Å². The third kappa shape index (κ3) is 7.02. The lowest BCUT2D eigenvalue weighted by molar-refractivity contribution is -0.0512. The molecule has 0 saturated carbocycles. The number of amides is 1. The van der Waals surface area contributed by atoms with Gasteiger partial charge in [-0.3, -0.25) is 4.79 Å². The van der Waals surface area contributed by atoms with Gasteiger partial charge < -0.3 is 19.3 Å². The average molecular weight is 459 g/mol. The summed E-state index contributed by atoms with van der Waals surface area (Å²) in [7, 11) is 3.49. The van der Waals surface area contributed by atoms with Crippen LogP contribution in [0.4, 0.5) is 8.78 Å². The summed E-state index contributed by atoms with van der Waals surface area (Å²) in [5.74, 6) is -0.158. The Bertz CT molecular complexity index is 950. The molecular weight excluding hydrogens is 426 g/mol. The third-order valence-corrected chi connectivity index (χ3v) is 5.97. The number of methoxy groups -OCH3 is 1. The van der Waals surface area contributed by atoms with Crippen LogP contribution < -0.4 is 9.47 Å². The minimum atomic E-state index is -2.97. The Kier molecular flexibility index (Phi) is 8.83. The van der Waals surface area contributed by atoms with Gasteiger partial charge in [-0.05, 0) is 63.5 Å². The van der Waals surface area contributed by atoms with Gasteiger partial charge >= 0.3 is 6.61 Å². The number of likely N-dealkylation sites (tertiary alicyclic amines) is 1. The lowest BCUT2D eigenvalue weighted by atomic mass is 10.1. The summed E-state index contributed by atoms with van der Waals surface area (Å²) < 4.78 is 35.0. The van der Waals surface area contributed by atoms with Crippen molar-refractivity contribution in [3.63, 3.8) is 0 Å². The second-order valence-electron chi connectivity index (χ2n) is 8.44. The molecule has 3 rings (SSSR count). The zero-order valence-corrected chi connectivity index (χ0v) is 19.5. The van der Waals surface area contributed by atoms with Gasteiger partial charge in [-0.1, -0.05) is 42.0 Å². The molecule has 2 aromatic carbocycles. The van der Waals surface area contributed by atoms with Crippen LogP contribution in [0.2, 0.25) is 0 Å². The van der Waals surface area contributed by atoms with E-state index in [-0.39, 0.29) is 17.4 Å². The van der Waals surface area contributed by atoms with E-state index in [2.05, 4.69) is 22.8 Å². The van der Waals surface area contributed by atoms with Crippen LogP contribution in [-0.4, -0.2) is 62.2 Å². The molecule has 1 saturated heterocycles. The van der Waals surface area contributed by atoms with Gasteiger partial charge in [0.25, 0.3) is 5.91 Å². The van der Waals surface area contributed by atoms with Gasteiger partial charge in [0.2, 0.25) is 0 Å². The van der Waals surface area contributed by atoms with Gasteiger partial charge in [0.05, 0.1) is 7.11 Å². The van der Waals surface area contributed by atoms with E-state index >= 15 is 0 Å². The Morgan fingerprint density at radius 1 is 1.21 bits per heavy atom. The first-order valence-corrected chi connectivity index (χ1v) is 11.2. The van der Waals surface area contributed by atoms with Gasteiger partial charge in [0.1, 0.15) is 0 Å². The van der Waals surface area contributed by atoms with E-state index < -0.39 is 6.61 Å². The van der Waals surface area contributed by atoms with Crippen molar-refractivity contribution in [2.75, 3.05) is 33.8 Å². The summed E-state index contributed by atoms with van der Waals surface area (Å²) in [6.07, 6.45) is 5.25. The quantitative estimate of drug-likeness (QED) is 0.483. The smallest absolute Gasteiger partial charge is 0.387 e. The molecule has 0 spiro atoms. The number of nitrogens with zero attached hydrogens (tertiary/aromatic N) is 2. The Labute approximate surface area is 194 Å². The first-order chi connectivity index (χ1) is 15.9. The lowest BCUT2D eigenvalue weighted by Crippen LogP contribution is -2.37. The molecule has 5 nitrogen and oxygen atoms in total. The Balaban J connectivity index is 1.81. The number of hydrogen-bond donors (Lipinski definition) is 0. The van der Waals surface area contributed by atoms with Gasteiger partial charge in [0.15, 0.2) is 11.5 Å². The van der Waals surface area contributed by atoms with Gasteiger partial charge in [0, 0.05) is 24.7 Å². The molecule has 178 valence electrons. The number of rotatable bonds is 10. The van der Waals surface area contributed by atoms with Crippen molar-refractivity contribution in [1.29, 1.82) is 0 Å². The van der Waals surface area contributed by atoms with E-state index in [4.69, 9.17) is 4.74 Å². The molecule has 0 aromatic heterocycles. The molecule has 1 amide bonds. The molecule has 1 atom stereocenters. The number of alkyl halides is 2. The number of halogens is 2. The van der Waals surface area contributed by atoms with Crippen LogP contribution in [0.5, 0.6) is 11.5 Å². The summed E-state index contributed by atoms with van der Waals surface area (Å²) in [6, 6.07) is 14.8. The Hall–Kier alpha value is -2.93. The summed E-state index contributed by atoms with van der Waals surface area (Å²) in [4.78, 5) is 17.6. The first-order valence-electron chi connectivity index (χ1n) is 11.2. The van der Waals surface area contributed by atoms with E-state index in [1.165, 1.54) is 31.7 Å². The zero-order chi connectivity index (χ0) is 23.8. The number of benzene rings is 2. The molecule has 33 heavy (non-hydrogen) atoms. The largest absolute Gasteiger partial charge is 0.493 e. The van der Waals surface area contributed by atoms with Crippen molar-refractivity contribution in [1.82, 2.24) is 9.80 Å². The number of ether oxygens (including phenoxy) is 2.